The van der Waals surface area contributed by atoms with Crippen molar-refractivity contribution in [1.29, 1.82) is 5.26 Å². The van der Waals surface area contributed by atoms with Crippen LogP contribution in [0.2, 0.25) is 0 Å². The quantitative estimate of drug-likeness (QED) is 0.874. The Morgan fingerprint density at radius 3 is 2.19 bits per heavy atom. The van der Waals surface area contributed by atoms with Gasteiger partial charge in [-0.15, -0.1) is 0 Å². The van der Waals surface area contributed by atoms with Gasteiger partial charge in [-0.1, -0.05) is 48.9 Å². The van der Waals surface area contributed by atoms with Crippen molar-refractivity contribution in [1.82, 2.24) is 0 Å². The van der Waals surface area contributed by atoms with E-state index in [1.54, 1.807) is 30.3 Å². The molecular weight excluding hydrogens is 350 g/mol. The highest BCUT2D eigenvalue weighted by atomic mass is 32.2. The maximum absolute atomic E-state index is 13.1. The Labute approximate surface area is 152 Å². The molecule has 1 fully saturated rings. The zero-order valence-corrected chi connectivity index (χ0v) is 15.3. The molecule has 1 aliphatic carbocycles. The van der Waals surface area contributed by atoms with Gasteiger partial charge in [0.2, 0.25) is 0 Å². The van der Waals surface area contributed by atoms with Crippen molar-refractivity contribution in [2.45, 2.75) is 36.3 Å². The number of hydrogen-bond donors (Lipinski definition) is 1. The van der Waals surface area contributed by atoms with E-state index in [0.717, 1.165) is 17.5 Å². The molecule has 1 saturated carbocycles. The Balaban J connectivity index is 2.10. The summed E-state index contributed by atoms with van der Waals surface area (Å²) in [5.74, 6) is -2.28. The van der Waals surface area contributed by atoms with E-state index in [9.17, 15) is 23.6 Å². The second-order valence-corrected chi connectivity index (χ2v) is 8.71. The summed E-state index contributed by atoms with van der Waals surface area (Å²) in [4.78, 5) is 11.9. The Hall–Kier alpha value is -2.65. The molecule has 2 aromatic carbocycles. The first-order valence-corrected chi connectivity index (χ1v) is 9.87. The number of nitriles is 1. The van der Waals surface area contributed by atoms with Gasteiger partial charge in [0.1, 0.15) is 5.25 Å². The number of nitrogens with zero attached hydrogens (tertiary/aromatic N) is 1. The second kappa shape index (κ2) is 6.26. The van der Waals surface area contributed by atoms with E-state index in [-0.39, 0.29) is 4.90 Å². The zero-order chi connectivity index (χ0) is 19.1. The van der Waals surface area contributed by atoms with Crippen LogP contribution in [-0.2, 0) is 21.1 Å². The van der Waals surface area contributed by atoms with Crippen LogP contribution in [0.1, 0.15) is 29.5 Å². The fraction of sp³-hybridized carbons (Fsp3) is 0.300. The number of carbonyl (C=O) groups is 1. The first-order valence-electron chi connectivity index (χ1n) is 8.33. The highest BCUT2D eigenvalue weighted by Gasteiger charge is 2.77. The predicted octanol–water partition coefficient (Wildman–Crippen LogP) is 3.09. The summed E-state index contributed by atoms with van der Waals surface area (Å²) in [6, 6.07) is 15.2. The van der Waals surface area contributed by atoms with Crippen LogP contribution in [0.3, 0.4) is 0 Å². The summed E-state index contributed by atoms with van der Waals surface area (Å²) in [5, 5.41) is 18.0. The van der Waals surface area contributed by atoms with E-state index in [4.69, 9.17) is 0 Å². The molecule has 1 N–H and O–H groups in total. The number of benzene rings is 2. The molecule has 0 heterocycles. The molecule has 0 unspecified atom stereocenters. The van der Waals surface area contributed by atoms with Gasteiger partial charge in [0.15, 0.2) is 15.3 Å². The topological polar surface area (TPSA) is 95.2 Å². The molecule has 3 rings (SSSR count). The standard InChI is InChI=1S/C20H19NO4S/c1-3-14-6-8-15(9-7-14)17-18(20(17,12-21)19(22)23)26(24,25)16-10-4-13(2)5-11-16/h4-11,17-18H,3H2,1-2H3,(H,22,23)/t17-,18+,20-/m1/s1. The maximum Gasteiger partial charge on any atom is 0.326 e. The van der Waals surface area contributed by atoms with Crippen LogP contribution in [0.4, 0.5) is 0 Å². The van der Waals surface area contributed by atoms with Crippen molar-refractivity contribution in [2.75, 3.05) is 0 Å². The van der Waals surface area contributed by atoms with Gasteiger partial charge in [-0.05, 0) is 36.6 Å². The fourth-order valence-corrected chi connectivity index (χ4v) is 5.74. The molecule has 0 spiro atoms. The average Bonchev–Trinajstić information content (AvgIpc) is 3.34. The first-order chi connectivity index (χ1) is 12.3. The van der Waals surface area contributed by atoms with Gasteiger partial charge in [0, 0.05) is 5.92 Å². The van der Waals surface area contributed by atoms with Crippen molar-refractivity contribution in [3.8, 4) is 6.07 Å². The molecule has 0 amide bonds. The monoisotopic (exact) mass is 369 g/mol. The van der Waals surface area contributed by atoms with Gasteiger partial charge in [-0.25, -0.2) is 8.42 Å². The van der Waals surface area contributed by atoms with Gasteiger partial charge < -0.3 is 5.11 Å². The minimum Gasteiger partial charge on any atom is -0.480 e. The van der Waals surface area contributed by atoms with E-state index in [2.05, 4.69) is 0 Å². The summed E-state index contributed by atoms with van der Waals surface area (Å²) >= 11 is 0. The summed E-state index contributed by atoms with van der Waals surface area (Å²) < 4.78 is 26.2. The summed E-state index contributed by atoms with van der Waals surface area (Å²) in [5.41, 5.74) is 0.561. The summed E-state index contributed by atoms with van der Waals surface area (Å²) in [7, 11) is -3.96. The van der Waals surface area contributed by atoms with Crippen LogP contribution in [0.5, 0.6) is 0 Å². The molecule has 0 aromatic heterocycles. The van der Waals surface area contributed by atoms with Crippen molar-refractivity contribution in [2.24, 2.45) is 5.41 Å². The van der Waals surface area contributed by atoms with Crippen LogP contribution < -0.4 is 0 Å². The number of hydrogen-bond acceptors (Lipinski definition) is 4. The first kappa shape index (κ1) is 18.2. The van der Waals surface area contributed by atoms with Crippen molar-refractivity contribution in [3.05, 3.63) is 65.2 Å². The zero-order valence-electron chi connectivity index (χ0n) is 14.5. The summed E-state index contributed by atoms with van der Waals surface area (Å²) in [6.07, 6.45) is 0.818. The minimum atomic E-state index is -3.96. The molecule has 1 aliphatic rings. The molecule has 0 aliphatic heterocycles. The third-order valence-corrected chi connectivity index (χ3v) is 7.34. The largest absolute Gasteiger partial charge is 0.480 e. The van der Waals surface area contributed by atoms with Crippen LogP contribution in [0, 0.1) is 23.7 Å². The number of aryl methyl sites for hydroxylation is 2. The van der Waals surface area contributed by atoms with Gasteiger partial charge in [0.05, 0.1) is 11.0 Å². The lowest BCUT2D eigenvalue weighted by Crippen LogP contribution is -2.22. The number of rotatable bonds is 5. The number of aliphatic carboxylic acids is 1. The highest BCUT2D eigenvalue weighted by molar-refractivity contribution is 7.92. The highest BCUT2D eigenvalue weighted by Crippen LogP contribution is 2.64. The number of carboxylic acid groups (broad SMARTS) is 1. The third kappa shape index (κ3) is 2.60. The molecule has 0 saturated heterocycles. The molecule has 5 nitrogen and oxygen atoms in total. The van der Waals surface area contributed by atoms with Gasteiger partial charge in [0.25, 0.3) is 0 Å². The SMILES string of the molecule is CCc1ccc([C@@H]2[C@H](S(=O)(=O)c3ccc(C)cc3)[C@]2(C#N)C(=O)O)cc1. The lowest BCUT2D eigenvalue weighted by molar-refractivity contribution is -0.141. The van der Waals surface area contributed by atoms with Crippen molar-refractivity contribution in [3.63, 3.8) is 0 Å². The molecule has 0 bridgehead atoms. The van der Waals surface area contributed by atoms with Crippen LogP contribution in [0.15, 0.2) is 53.4 Å². The molecule has 134 valence electrons. The van der Waals surface area contributed by atoms with E-state index < -0.39 is 32.4 Å². The van der Waals surface area contributed by atoms with Crippen LogP contribution in [0.25, 0.3) is 0 Å². The van der Waals surface area contributed by atoms with Gasteiger partial charge in [-0.2, -0.15) is 5.26 Å². The molecular formula is C20H19NO4S. The van der Waals surface area contributed by atoms with E-state index in [1.165, 1.54) is 12.1 Å². The Kier molecular flexibility index (Phi) is 4.37. The third-order valence-electron chi connectivity index (χ3n) is 5.10. The van der Waals surface area contributed by atoms with Gasteiger partial charge in [-0.3, -0.25) is 4.79 Å². The normalized spacial score (nSPS) is 24.7. The van der Waals surface area contributed by atoms with Crippen molar-refractivity contribution >= 4 is 15.8 Å². The molecule has 6 heteroatoms. The Morgan fingerprint density at radius 1 is 1.15 bits per heavy atom. The molecule has 0 radical (unpaired) electrons. The van der Waals surface area contributed by atoms with Crippen molar-refractivity contribution < 1.29 is 18.3 Å². The number of sulfone groups is 1. The smallest absolute Gasteiger partial charge is 0.326 e. The van der Waals surface area contributed by atoms with Crippen LogP contribution in [-0.4, -0.2) is 24.7 Å². The lowest BCUT2D eigenvalue weighted by Gasteiger charge is -2.05. The molecule has 26 heavy (non-hydrogen) atoms. The fourth-order valence-electron chi connectivity index (χ4n) is 3.49. The Morgan fingerprint density at radius 2 is 1.73 bits per heavy atom. The second-order valence-electron chi connectivity index (χ2n) is 6.64. The minimum absolute atomic E-state index is 0.0432. The average molecular weight is 369 g/mol. The van der Waals surface area contributed by atoms with Crippen LogP contribution >= 0.6 is 0 Å². The summed E-state index contributed by atoms with van der Waals surface area (Å²) in [6.45, 7) is 3.83. The van der Waals surface area contributed by atoms with Gasteiger partial charge >= 0.3 is 5.97 Å². The Bertz CT molecular complexity index is 988. The lowest BCUT2D eigenvalue weighted by atomic mass is 9.99. The van der Waals surface area contributed by atoms with E-state index >= 15 is 0 Å². The maximum atomic E-state index is 13.1. The van der Waals surface area contributed by atoms with E-state index in [0.29, 0.717) is 5.56 Å². The molecule has 3 atom stereocenters. The predicted molar refractivity (Wildman–Crippen MR) is 96.4 cm³/mol. The van der Waals surface area contributed by atoms with E-state index in [1.807, 2.05) is 26.0 Å². The number of carboxylic acids is 1. The molecule has 2 aromatic rings.